The van der Waals surface area contributed by atoms with Gasteiger partial charge in [0.1, 0.15) is 18.1 Å². The molecule has 0 bridgehead atoms. The van der Waals surface area contributed by atoms with E-state index < -0.39 is 11.9 Å². The minimum absolute atomic E-state index is 0.586. The third kappa shape index (κ3) is 7.93. The summed E-state index contributed by atoms with van der Waals surface area (Å²) in [6.07, 6.45) is 0.932. The van der Waals surface area contributed by atoms with Gasteiger partial charge in [0.25, 0.3) is 0 Å². The molecule has 0 atom stereocenters. The van der Waals surface area contributed by atoms with Crippen LogP contribution in [-0.4, -0.2) is 67.1 Å². The van der Waals surface area contributed by atoms with Gasteiger partial charge >= 0.3 is 11.9 Å². The summed E-state index contributed by atoms with van der Waals surface area (Å²) in [4.78, 5) is 26.0. The lowest BCUT2D eigenvalue weighted by molar-refractivity contribution is -0.159. The molecular weight excluding hydrogens is 424 g/mol. The summed E-state index contributed by atoms with van der Waals surface area (Å²) in [6.45, 7) is 1.56. The van der Waals surface area contributed by atoms with Crippen molar-refractivity contribution in [2.45, 2.75) is 6.42 Å². The molecule has 0 aliphatic rings. The molecule has 0 saturated heterocycles. The zero-order valence-corrected chi connectivity index (χ0v) is 18.9. The molecule has 3 rings (SSSR count). The Balaban J connectivity index is 0.000000569. The van der Waals surface area contributed by atoms with Gasteiger partial charge in [0.05, 0.1) is 7.11 Å². The van der Waals surface area contributed by atoms with Crippen LogP contribution in [0.4, 0.5) is 0 Å². The molecule has 8 heteroatoms. The van der Waals surface area contributed by atoms with Crippen LogP contribution < -0.4 is 4.74 Å². The number of carboxylic acids is 2. The summed E-state index contributed by atoms with van der Waals surface area (Å²) >= 11 is 0. The Labute approximate surface area is 192 Å². The van der Waals surface area contributed by atoms with Crippen LogP contribution in [0.3, 0.4) is 0 Å². The van der Waals surface area contributed by atoms with E-state index in [2.05, 4.69) is 60.5 Å². The normalized spacial score (nSPS) is 11.0. The summed E-state index contributed by atoms with van der Waals surface area (Å²) in [6, 6.07) is 22.5. The first-order valence-corrected chi connectivity index (χ1v) is 10.3. The maximum Gasteiger partial charge on any atom is 0.414 e. The Morgan fingerprint density at radius 2 is 1.55 bits per heavy atom. The number of methoxy groups -OCH3 is 1. The van der Waals surface area contributed by atoms with Gasteiger partial charge in [-0.25, -0.2) is 9.59 Å². The van der Waals surface area contributed by atoms with E-state index >= 15 is 0 Å². The van der Waals surface area contributed by atoms with Crippen molar-refractivity contribution in [1.29, 1.82) is 0 Å². The summed E-state index contributed by atoms with van der Waals surface area (Å²) < 4.78 is 5.28. The number of benzene rings is 3. The predicted octanol–water partition coefficient (Wildman–Crippen LogP) is 3.72. The van der Waals surface area contributed by atoms with Crippen LogP contribution in [0.25, 0.3) is 10.8 Å². The molecule has 174 valence electrons. The Morgan fingerprint density at radius 3 is 2.15 bits per heavy atom. The highest BCUT2D eigenvalue weighted by molar-refractivity contribution is 6.27. The smallest absolute Gasteiger partial charge is 0.414 e. The average Bonchev–Trinajstić information content (AvgIpc) is 2.81. The average molecular weight is 453 g/mol. The molecule has 0 unspecified atom stereocenters. The molecule has 0 amide bonds. The molecule has 2 N–H and O–H groups in total. The van der Waals surface area contributed by atoms with Crippen molar-refractivity contribution in [3.8, 4) is 5.75 Å². The number of fused-ring (bicyclic) bond motifs is 1. The highest BCUT2D eigenvalue weighted by Crippen LogP contribution is 2.23. The van der Waals surface area contributed by atoms with Crippen LogP contribution in [0.1, 0.15) is 17.5 Å². The van der Waals surface area contributed by atoms with Gasteiger partial charge in [0.2, 0.25) is 0 Å². The van der Waals surface area contributed by atoms with E-state index in [9.17, 15) is 0 Å². The topological polar surface area (TPSA) is 109 Å². The van der Waals surface area contributed by atoms with Gasteiger partial charge in [-0.1, -0.05) is 47.6 Å². The zero-order valence-electron chi connectivity index (χ0n) is 18.9. The number of carbonyl (C=O) groups is 2. The van der Waals surface area contributed by atoms with Gasteiger partial charge in [-0.2, -0.15) is 0 Å². The second-order valence-electron chi connectivity index (χ2n) is 7.30. The van der Waals surface area contributed by atoms with Crippen LogP contribution in [0, 0.1) is 0 Å². The van der Waals surface area contributed by atoms with Crippen molar-refractivity contribution in [3.05, 3.63) is 77.9 Å². The lowest BCUT2D eigenvalue weighted by atomic mass is 9.96. The molecule has 0 saturated carbocycles. The van der Waals surface area contributed by atoms with Crippen LogP contribution in [0.2, 0.25) is 0 Å². The highest BCUT2D eigenvalue weighted by atomic mass is 16.6. The van der Waals surface area contributed by atoms with Crippen molar-refractivity contribution in [2.24, 2.45) is 5.16 Å². The number of carboxylic acid groups (broad SMARTS) is 2. The van der Waals surface area contributed by atoms with E-state index in [1.165, 1.54) is 5.39 Å². The van der Waals surface area contributed by atoms with E-state index in [0.717, 1.165) is 40.9 Å². The Hall–Kier alpha value is -3.91. The van der Waals surface area contributed by atoms with Gasteiger partial charge in [-0.3, -0.25) is 0 Å². The molecule has 3 aromatic carbocycles. The first kappa shape index (κ1) is 25.4. The summed E-state index contributed by atoms with van der Waals surface area (Å²) in [5.74, 6) is -2.83. The molecule has 0 fully saturated rings. The Bertz CT molecular complexity index is 1080. The van der Waals surface area contributed by atoms with Gasteiger partial charge in [-0.05, 0) is 55.6 Å². The number of ether oxygens (including phenoxy) is 1. The highest BCUT2D eigenvalue weighted by Gasteiger charge is 2.12. The lowest BCUT2D eigenvalue weighted by Gasteiger charge is -2.12. The van der Waals surface area contributed by atoms with Crippen LogP contribution in [0.5, 0.6) is 5.75 Å². The SMILES string of the molecule is COc1ccc(/C(=N\OCCCN(C)C)c2cccc3ccccc23)cc1.O=C(O)C(=O)O. The minimum Gasteiger partial charge on any atom is -0.497 e. The first-order chi connectivity index (χ1) is 15.8. The maximum absolute atomic E-state index is 9.10. The van der Waals surface area contributed by atoms with E-state index in [1.54, 1.807) is 7.11 Å². The standard InChI is InChI=1S/C23H26N2O2.C2H2O4/c1-25(2)16-7-17-27-24-23(19-12-14-20(26-3)15-13-19)22-11-6-9-18-8-4-5-10-21(18)22;3-1(4)2(5)6/h4-6,8-15H,7,16-17H2,1-3H3;(H,3,4)(H,5,6)/b24-23+;. The third-order valence-corrected chi connectivity index (χ3v) is 4.59. The van der Waals surface area contributed by atoms with Gasteiger partial charge in [0.15, 0.2) is 0 Å². The maximum atomic E-state index is 9.10. The fourth-order valence-corrected chi connectivity index (χ4v) is 2.99. The summed E-state index contributed by atoms with van der Waals surface area (Å²) in [5.41, 5.74) is 2.89. The van der Waals surface area contributed by atoms with E-state index in [1.807, 2.05) is 30.3 Å². The minimum atomic E-state index is -1.82. The molecule has 0 aromatic heterocycles. The zero-order chi connectivity index (χ0) is 24.2. The monoisotopic (exact) mass is 452 g/mol. The molecule has 0 aliphatic carbocycles. The van der Waals surface area contributed by atoms with Gasteiger partial charge in [0, 0.05) is 17.7 Å². The molecule has 0 aliphatic heterocycles. The van der Waals surface area contributed by atoms with Crippen molar-refractivity contribution in [3.63, 3.8) is 0 Å². The molecule has 0 spiro atoms. The van der Waals surface area contributed by atoms with Crippen molar-refractivity contribution < 1.29 is 29.4 Å². The first-order valence-electron chi connectivity index (χ1n) is 10.3. The van der Waals surface area contributed by atoms with E-state index in [-0.39, 0.29) is 0 Å². The number of aliphatic carboxylic acids is 2. The second-order valence-corrected chi connectivity index (χ2v) is 7.30. The third-order valence-electron chi connectivity index (χ3n) is 4.59. The molecule has 33 heavy (non-hydrogen) atoms. The van der Waals surface area contributed by atoms with Crippen molar-refractivity contribution >= 4 is 28.4 Å². The molecule has 3 aromatic rings. The lowest BCUT2D eigenvalue weighted by Crippen LogP contribution is -2.14. The van der Waals surface area contributed by atoms with E-state index in [4.69, 9.17) is 29.4 Å². The number of nitrogens with zero attached hydrogens (tertiary/aromatic N) is 2. The fourth-order valence-electron chi connectivity index (χ4n) is 2.99. The van der Waals surface area contributed by atoms with Gasteiger partial charge in [-0.15, -0.1) is 0 Å². The number of oxime groups is 1. The number of hydrogen-bond donors (Lipinski definition) is 2. The summed E-state index contributed by atoms with van der Waals surface area (Å²) in [7, 11) is 5.78. The number of rotatable bonds is 8. The predicted molar refractivity (Wildman–Crippen MR) is 127 cm³/mol. The quantitative estimate of drug-likeness (QED) is 0.232. The van der Waals surface area contributed by atoms with Crippen LogP contribution >= 0.6 is 0 Å². The van der Waals surface area contributed by atoms with Gasteiger partial charge < -0.3 is 24.7 Å². The Kier molecular flexibility index (Phi) is 9.85. The van der Waals surface area contributed by atoms with Crippen molar-refractivity contribution in [1.82, 2.24) is 4.90 Å². The fraction of sp³-hybridized carbons (Fsp3) is 0.240. The largest absolute Gasteiger partial charge is 0.497 e. The second kappa shape index (κ2) is 12.8. The van der Waals surface area contributed by atoms with Crippen LogP contribution in [0.15, 0.2) is 71.9 Å². The molecule has 0 heterocycles. The van der Waals surface area contributed by atoms with Crippen molar-refractivity contribution in [2.75, 3.05) is 34.4 Å². The van der Waals surface area contributed by atoms with E-state index in [0.29, 0.717) is 6.61 Å². The molecule has 8 nitrogen and oxygen atoms in total. The number of hydrogen-bond acceptors (Lipinski definition) is 6. The molecular formula is C25H28N2O6. The summed E-state index contributed by atoms with van der Waals surface area (Å²) in [5, 5.41) is 21.6. The van der Waals surface area contributed by atoms with Crippen LogP contribution in [-0.2, 0) is 14.4 Å². The Morgan fingerprint density at radius 1 is 0.909 bits per heavy atom. The molecule has 0 radical (unpaired) electrons.